The summed E-state index contributed by atoms with van der Waals surface area (Å²) in [7, 11) is 1.64. The second-order valence-corrected chi connectivity index (χ2v) is 7.54. The van der Waals surface area contributed by atoms with Gasteiger partial charge in [-0.3, -0.25) is 4.79 Å². The third kappa shape index (κ3) is 2.53. The van der Waals surface area contributed by atoms with Gasteiger partial charge in [-0.1, -0.05) is 32.9 Å². The number of likely N-dealkylation sites (tertiary alicyclic amines) is 1. The Morgan fingerprint density at radius 1 is 1.30 bits per heavy atom. The van der Waals surface area contributed by atoms with Crippen LogP contribution in [-0.2, 0) is 10.2 Å². The van der Waals surface area contributed by atoms with Gasteiger partial charge in [0.15, 0.2) is 0 Å². The van der Waals surface area contributed by atoms with Crippen molar-refractivity contribution in [2.24, 2.45) is 11.8 Å². The molecular formula is C19H27NO3. The molecule has 3 rings (SSSR count). The van der Waals surface area contributed by atoms with Crippen LogP contribution >= 0.6 is 0 Å². The number of carbonyl (C=O) groups is 1. The second kappa shape index (κ2) is 5.52. The van der Waals surface area contributed by atoms with Crippen molar-refractivity contribution in [1.29, 1.82) is 0 Å². The summed E-state index contributed by atoms with van der Waals surface area (Å²) in [6.45, 7) is 7.19. The number of β-amino-alcohol motifs (C(OH)–C–C–N with tert-alkyl or cyclic N) is 1. The van der Waals surface area contributed by atoms with Gasteiger partial charge in [0.05, 0.1) is 18.1 Å². The van der Waals surface area contributed by atoms with E-state index in [1.165, 1.54) is 0 Å². The quantitative estimate of drug-likeness (QED) is 0.928. The van der Waals surface area contributed by atoms with Crippen LogP contribution in [0.4, 0.5) is 0 Å². The molecular weight excluding hydrogens is 290 g/mol. The number of rotatable bonds is 4. The SMILES string of the molecule is COc1ccc(C2(C(=O)N3C[C@H](C)[C@@](O)(C(C)C)C3)CC2)cc1. The van der Waals surface area contributed by atoms with Gasteiger partial charge in [-0.2, -0.15) is 0 Å². The molecule has 2 atom stereocenters. The molecule has 1 saturated heterocycles. The van der Waals surface area contributed by atoms with Crippen molar-refractivity contribution < 1.29 is 14.6 Å². The van der Waals surface area contributed by atoms with Gasteiger partial charge in [0.2, 0.25) is 5.91 Å². The molecule has 2 fully saturated rings. The fourth-order valence-corrected chi connectivity index (χ4v) is 3.88. The Morgan fingerprint density at radius 3 is 2.35 bits per heavy atom. The number of aliphatic hydroxyl groups is 1. The number of ether oxygens (including phenoxy) is 1. The minimum atomic E-state index is -0.772. The van der Waals surface area contributed by atoms with Gasteiger partial charge in [-0.05, 0) is 36.5 Å². The smallest absolute Gasteiger partial charge is 0.233 e. The molecule has 1 N–H and O–H groups in total. The van der Waals surface area contributed by atoms with E-state index in [0.717, 1.165) is 24.2 Å². The third-order valence-electron chi connectivity index (χ3n) is 5.88. The topological polar surface area (TPSA) is 49.8 Å². The minimum Gasteiger partial charge on any atom is -0.497 e. The molecule has 1 aliphatic carbocycles. The molecule has 0 bridgehead atoms. The lowest BCUT2D eigenvalue weighted by Crippen LogP contribution is -2.44. The van der Waals surface area contributed by atoms with Crippen molar-refractivity contribution >= 4 is 5.91 Å². The van der Waals surface area contributed by atoms with Gasteiger partial charge in [0.25, 0.3) is 0 Å². The summed E-state index contributed by atoms with van der Waals surface area (Å²) < 4.78 is 5.20. The largest absolute Gasteiger partial charge is 0.497 e. The molecule has 1 aromatic carbocycles. The van der Waals surface area contributed by atoms with E-state index in [1.54, 1.807) is 7.11 Å². The highest BCUT2D eigenvalue weighted by atomic mass is 16.5. The standard InChI is InChI=1S/C19H27NO3/c1-13(2)19(22)12-20(11-14(19)3)17(21)18(9-10-18)15-5-7-16(23-4)8-6-15/h5-8,13-14,22H,9-12H2,1-4H3/t14-,19-/m0/s1. The molecule has 0 unspecified atom stereocenters. The zero-order chi connectivity index (χ0) is 16.8. The Morgan fingerprint density at radius 2 is 1.91 bits per heavy atom. The van der Waals surface area contributed by atoms with Crippen LogP contribution in [0.15, 0.2) is 24.3 Å². The van der Waals surface area contributed by atoms with Gasteiger partial charge < -0.3 is 14.7 Å². The van der Waals surface area contributed by atoms with Crippen LogP contribution in [0.1, 0.15) is 39.2 Å². The fraction of sp³-hybridized carbons (Fsp3) is 0.632. The maximum atomic E-state index is 13.1. The number of benzene rings is 1. The Balaban J connectivity index is 1.80. The molecule has 1 aromatic rings. The number of hydrogen-bond donors (Lipinski definition) is 1. The molecule has 2 aliphatic rings. The van der Waals surface area contributed by atoms with Gasteiger partial charge in [-0.15, -0.1) is 0 Å². The predicted octanol–water partition coefficient (Wildman–Crippen LogP) is 2.59. The maximum absolute atomic E-state index is 13.1. The summed E-state index contributed by atoms with van der Waals surface area (Å²) in [5.41, 5.74) is -0.0872. The van der Waals surface area contributed by atoms with E-state index in [2.05, 4.69) is 0 Å². The van der Waals surface area contributed by atoms with Crippen molar-refractivity contribution in [3.05, 3.63) is 29.8 Å². The van der Waals surface area contributed by atoms with Crippen LogP contribution in [0.25, 0.3) is 0 Å². The normalized spacial score (nSPS) is 29.0. The average molecular weight is 317 g/mol. The molecule has 4 nitrogen and oxygen atoms in total. The highest BCUT2D eigenvalue weighted by Crippen LogP contribution is 2.51. The van der Waals surface area contributed by atoms with Crippen LogP contribution < -0.4 is 4.74 Å². The monoisotopic (exact) mass is 317 g/mol. The van der Waals surface area contributed by atoms with E-state index in [0.29, 0.717) is 13.1 Å². The predicted molar refractivity (Wildman–Crippen MR) is 89.4 cm³/mol. The van der Waals surface area contributed by atoms with E-state index >= 15 is 0 Å². The number of hydrogen-bond acceptors (Lipinski definition) is 3. The molecule has 126 valence electrons. The van der Waals surface area contributed by atoms with Gasteiger partial charge >= 0.3 is 0 Å². The van der Waals surface area contributed by atoms with Crippen LogP contribution in [0.5, 0.6) is 5.75 Å². The van der Waals surface area contributed by atoms with Crippen molar-refractivity contribution in [2.75, 3.05) is 20.2 Å². The summed E-state index contributed by atoms with van der Waals surface area (Å²) in [5.74, 6) is 1.23. The Bertz CT molecular complexity index is 591. The first-order chi connectivity index (χ1) is 10.8. The molecule has 0 aromatic heterocycles. The third-order valence-corrected chi connectivity index (χ3v) is 5.88. The second-order valence-electron chi connectivity index (χ2n) is 7.54. The summed E-state index contributed by atoms with van der Waals surface area (Å²) in [4.78, 5) is 15.0. The van der Waals surface area contributed by atoms with E-state index in [1.807, 2.05) is 49.9 Å². The lowest BCUT2D eigenvalue weighted by molar-refractivity contribution is -0.134. The lowest BCUT2D eigenvalue weighted by atomic mass is 9.82. The van der Waals surface area contributed by atoms with Crippen molar-refractivity contribution in [3.8, 4) is 5.75 Å². The van der Waals surface area contributed by atoms with Crippen LogP contribution in [0, 0.1) is 11.8 Å². The molecule has 1 aliphatic heterocycles. The van der Waals surface area contributed by atoms with Gasteiger partial charge in [0, 0.05) is 19.0 Å². The fourth-order valence-electron chi connectivity index (χ4n) is 3.88. The molecule has 23 heavy (non-hydrogen) atoms. The molecule has 1 saturated carbocycles. The summed E-state index contributed by atoms with van der Waals surface area (Å²) in [6.07, 6.45) is 1.78. The number of amides is 1. The molecule has 4 heteroatoms. The number of nitrogens with zero attached hydrogens (tertiary/aromatic N) is 1. The zero-order valence-electron chi connectivity index (χ0n) is 14.5. The molecule has 1 heterocycles. The molecule has 1 amide bonds. The highest BCUT2D eigenvalue weighted by molar-refractivity contribution is 5.91. The van der Waals surface area contributed by atoms with E-state index in [4.69, 9.17) is 4.74 Å². The first kappa shape index (κ1) is 16.3. The van der Waals surface area contributed by atoms with Gasteiger partial charge in [-0.25, -0.2) is 0 Å². The minimum absolute atomic E-state index is 0.109. The average Bonchev–Trinajstić information content (AvgIpc) is 3.29. The Labute approximate surface area is 138 Å². The molecule has 0 spiro atoms. The van der Waals surface area contributed by atoms with Crippen molar-refractivity contribution in [3.63, 3.8) is 0 Å². The summed E-state index contributed by atoms with van der Waals surface area (Å²) >= 11 is 0. The van der Waals surface area contributed by atoms with E-state index < -0.39 is 5.60 Å². The first-order valence-corrected chi connectivity index (χ1v) is 8.50. The van der Waals surface area contributed by atoms with Crippen LogP contribution in [-0.4, -0.2) is 41.7 Å². The zero-order valence-corrected chi connectivity index (χ0v) is 14.5. The molecule has 0 radical (unpaired) electrons. The Kier molecular flexibility index (Phi) is 3.91. The van der Waals surface area contributed by atoms with Crippen molar-refractivity contribution in [2.45, 2.75) is 44.6 Å². The summed E-state index contributed by atoms with van der Waals surface area (Å²) in [5, 5.41) is 10.9. The Hall–Kier alpha value is -1.55. The number of methoxy groups -OCH3 is 1. The van der Waals surface area contributed by atoms with E-state index in [9.17, 15) is 9.90 Å². The van der Waals surface area contributed by atoms with Gasteiger partial charge in [0.1, 0.15) is 5.75 Å². The highest BCUT2D eigenvalue weighted by Gasteiger charge is 2.56. The number of carbonyl (C=O) groups excluding carboxylic acids is 1. The first-order valence-electron chi connectivity index (χ1n) is 8.50. The lowest BCUT2D eigenvalue weighted by Gasteiger charge is -2.31. The van der Waals surface area contributed by atoms with Crippen LogP contribution in [0.2, 0.25) is 0 Å². The van der Waals surface area contributed by atoms with E-state index in [-0.39, 0.29) is 23.2 Å². The summed E-state index contributed by atoms with van der Waals surface area (Å²) in [6, 6.07) is 7.83. The maximum Gasteiger partial charge on any atom is 0.233 e. The van der Waals surface area contributed by atoms with Crippen molar-refractivity contribution in [1.82, 2.24) is 4.90 Å². The van der Waals surface area contributed by atoms with Crippen LogP contribution in [0.3, 0.4) is 0 Å².